The second-order valence-electron chi connectivity index (χ2n) is 7.21. The van der Waals surface area contributed by atoms with Crippen molar-refractivity contribution < 1.29 is 14.8 Å². The van der Waals surface area contributed by atoms with Gasteiger partial charge in [0, 0.05) is 28.1 Å². The summed E-state index contributed by atoms with van der Waals surface area (Å²) in [5.74, 6) is 0.134. The van der Waals surface area contributed by atoms with Gasteiger partial charge in [0.1, 0.15) is 23.9 Å². The summed E-state index contributed by atoms with van der Waals surface area (Å²) in [4.78, 5) is 13.4. The van der Waals surface area contributed by atoms with E-state index in [1.165, 1.54) is 16.0 Å². The monoisotopic (exact) mass is 406 g/mol. The van der Waals surface area contributed by atoms with Crippen LogP contribution in [0.2, 0.25) is 0 Å². The Kier molecular flexibility index (Phi) is 5.51. The van der Waals surface area contributed by atoms with Crippen LogP contribution < -0.4 is 10.9 Å². The maximum Gasteiger partial charge on any atom is 0.336 e. The molecule has 0 amide bonds. The third-order valence-electron chi connectivity index (χ3n) is 5.39. The zero-order chi connectivity index (χ0) is 20.4. The molecule has 3 N–H and O–H groups in total. The predicted molar refractivity (Wildman–Crippen MR) is 116 cm³/mol. The maximum absolute atomic E-state index is 12.1. The topological polar surface area (TPSA) is 67.0 Å². The van der Waals surface area contributed by atoms with E-state index >= 15 is 0 Å². The first-order valence-electron chi connectivity index (χ1n) is 9.77. The Hall–Kier alpha value is -2.89. The van der Waals surface area contributed by atoms with E-state index in [1.54, 1.807) is 30.4 Å². The maximum atomic E-state index is 12.1. The van der Waals surface area contributed by atoms with E-state index in [-0.39, 0.29) is 11.8 Å². The number of hydrogen-bond donors (Lipinski definition) is 2. The van der Waals surface area contributed by atoms with Gasteiger partial charge in [-0.2, -0.15) is 0 Å². The number of thiophene rings is 1. The fourth-order valence-electron chi connectivity index (χ4n) is 3.67. The molecule has 0 radical (unpaired) electrons. The molecule has 5 heteroatoms. The molecule has 2 aromatic heterocycles. The normalized spacial score (nSPS) is 12.3. The summed E-state index contributed by atoms with van der Waals surface area (Å²) in [6.45, 7) is 4.55. The van der Waals surface area contributed by atoms with Gasteiger partial charge in [-0.05, 0) is 42.5 Å². The minimum absolute atomic E-state index is 0.134. The van der Waals surface area contributed by atoms with E-state index in [9.17, 15) is 9.90 Å². The molecule has 29 heavy (non-hydrogen) atoms. The number of rotatable bonds is 6. The number of hydrogen-bond acceptors (Lipinski definition) is 4. The Balaban J connectivity index is 1.69. The van der Waals surface area contributed by atoms with Crippen molar-refractivity contribution >= 4 is 22.3 Å². The number of phenolic OH excluding ortho intramolecular Hbond substituents is 1. The molecule has 4 aromatic rings. The van der Waals surface area contributed by atoms with Crippen LogP contribution in [0.1, 0.15) is 40.1 Å². The van der Waals surface area contributed by atoms with Crippen LogP contribution >= 0.6 is 11.3 Å². The molecule has 0 aliphatic carbocycles. The Morgan fingerprint density at radius 2 is 1.93 bits per heavy atom. The molecule has 0 fully saturated rings. The fraction of sp³-hybridized carbons (Fsp3) is 0.208. The summed E-state index contributed by atoms with van der Waals surface area (Å²) in [6.07, 6.45) is 1.02. The molecule has 0 saturated carbocycles. The predicted octanol–water partition coefficient (Wildman–Crippen LogP) is 4.28. The van der Waals surface area contributed by atoms with Crippen LogP contribution in [0.4, 0.5) is 0 Å². The van der Waals surface area contributed by atoms with Gasteiger partial charge in [0.2, 0.25) is 0 Å². The van der Waals surface area contributed by atoms with Crippen molar-refractivity contribution in [3.05, 3.63) is 97.5 Å². The van der Waals surface area contributed by atoms with E-state index in [2.05, 4.69) is 54.0 Å². The van der Waals surface area contributed by atoms with Crippen molar-refractivity contribution in [3.8, 4) is 5.75 Å². The number of quaternary nitrogens is 1. The quantitative estimate of drug-likeness (QED) is 0.470. The Morgan fingerprint density at radius 1 is 1.14 bits per heavy atom. The van der Waals surface area contributed by atoms with Crippen LogP contribution in [-0.4, -0.2) is 5.11 Å². The molecule has 0 saturated heterocycles. The number of nitrogens with two attached hydrogens (primary N) is 1. The average molecular weight is 407 g/mol. The molecule has 2 heterocycles. The second-order valence-corrected chi connectivity index (χ2v) is 8.18. The first-order valence-corrected chi connectivity index (χ1v) is 10.7. The second kappa shape index (κ2) is 8.23. The molecular formula is C24H24NO3S+. The van der Waals surface area contributed by atoms with E-state index in [4.69, 9.17) is 4.42 Å². The average Bonchev–Trinajstić information content (AvgIpc) is 3.26. The summed E-state index contributed by atoms with van der Waals surface area (Å²) in [5.41, 5.74) is 4.12. The SMILES string of the molecule is CCc1ccc([C@H]([NH2+]Cc2cc(=O)oc3c(C)c(O)ccc23)c2cccs2)cc1. The molecule has 4 nitrogen and oxygen atoms in total. The lowest BCUT2D eigenvalue weighted by atomic mass is 10.0. The van der Waals surface area contributed by atoms with Crippen molar-refractivity contribution in [3.63, 3.8) is 0 Å². The van der Waals surface area contributed by atoms with Gasteiger partial charge in [-0.1, -0.05) is 37.3 Å². The first kappa shape index (κ1) is 19.4. The largest absolute Gasteiger partial charge is 0.508 e. The van der Waals surface area contributed by atoms with Gasteiger partial charge in [-0.3, -0.25) is 0 Å². The Labute approximate surface area is 173 Å². The van der Waals surface area contributed by atoms with Crippen LogP contribution in [0.25, 0.3) is 11.0 Å². The van der Waals surface area contributed by atoms with E-state index < -0.39 is 5.63 Å². The molecular weight excluding hydrogens is 382 g/mol. The number of aryl methyl sites for hydroxylation is 2. The molecule has 4 rings (SSSR count). The summed E-state index contributed by atoms with van der Waals surface area (Å²) >= 11 is 1.74. The number of benzene rings is 2. The summed E-state index contributed by atoms with van der Waals surface area (Å²) in [5, 5.41) is 15.2. The van der Waals surface area contributed by atoms with Gasteiger partial charge in [-0.15, -0.1) is 11.3 Å². The zero-order valence-corrected chi connectivity index (χ0v) is 17.3. The lowest BCUT2D eigenvalue weighted by Gasteiger charge is -2.16. The summed E-state index contributed by atoms with van der Waals surface area (Å²) < 4.78 is 5.38. The molecule has 2 aromatic carbocycles. The highest BCUT2D eigenvalue weighted by atomic mass is 32.1. The molecule has 0 aliphatic rings. The number of phenols is 1. The molecule has 0 aliphatic heterocycles. The molecule has 0 unspecified atom stereocenters. The van der Waals surface area contributed by atoms with Crippen LogP contribution in [0.3, 0.4) is 0 Å². The van der Waals surface area contributed by atoms with Crippen LogP contribution in [0, 0.1) is 6.92 Å². The first-order chi connectivity index (χ1) is 14.1. The van der Waals surface area contributed by atoms with Gasteiger partial charge in [-0.25, -0.2) is 4.79 Å². The highest BCUT2D eigenvalue weighted by Gasteiger charge is 2.20. The zero-order valence-electron chi connectivity index (χ0n) is 16.5. The van der Waals surface area contributed by atoms with Gasteiger partial charge < -0.3 is 14.8 Å². The summed E-state index contributed by atoms with van der Waals surface area (Å²) in [6, 6.07) is 18.2. The molecule has 0 spiro atoms. The van der Waals surface area contributed by atoms with Gasteiger partial charge in [0.05, 0.1) is 4.88 Å². The summed E-state index contributed by atoms with van der Waals surface area (Å²) in [7, 11) is 0. The van der Waals surface area contributed by atoms with Crippen molar-refractivity contribution in [2.75, 3.05) is 0 Å². The third kappa shape index (κ3) is 3.97. The van der Waals surface area contributed by atoms with Gasteiger partial charge in [0.25, 0.3) is 0 Å². The van der Waals surface area contributed by atoms with E-state index in [0.717, 1.165) is 17.4 Å². The lowest BCUT2D eigenvalue weighted by molar-refractivity contribution is -0.701. The number of aromatic hydroxyl groups is 1. The van der Waals surface area contributed by atoms with Crippen molar-refractivity contribution in [2.45, 2.75) is 32.9 Å². The van der Waals surface area contributed by atoms with Crippen molar-refractivity contribution in [1.82, 2.24) is 0 Å². The minimum Gasteiger partial charge on any atom is -0.508 e. The third-order valence-corrected chi connectivity index (χ3v) is 6.34. The fourth-order valence-corrected chi connectivity index (χ4v) is 4.53. The Morgan fingerprint density at radius 3 is 2.62 bits per heavy atom. The standard InChI is InChI=1S/C24H23NO3S/c1-3-16-6-8-17(9-7-16)23(21-5-4-12-29-21)25-14-18-13-22(27)28-24-15(2)20(26)11-10-19(18)24/h4-13,23,25-26H,3,14H2,1-2H3/p+1/t23-/m0/s1. The van der Waals surface area contributed by atoms with Gasteiger partial charge >= 0.3 is 5.63 Å². The smallest absolute Gasteiger partial charge is 0.336 e. The van der Waals surface area contributed by atoms with Crippen molar-refractivity contribution in [2.24, 2.45) is 0 Å². The molecule has 0 bridgehead atoms. The van der Waals surface area contributed by atoms with Gasteiger partial charge in [0.15, 0.2) is 0 Å². The lowest BCUT2D eigenvalue weighted by Crippen LogP contribution is -2.83. The molecule has 148 valence electrons. The van der Waals surface area contributed by atoms with Crippen LogP contribution in [0.5, 0.6) is 5.75 Å². The van der Waals surface area contributed by atoms with Crippen LogP contribution in [0.15, 0.2) is 69.2 Å². The highest BCUT2D eigenvalue weighted by Crippen LogP contribution is 2.28. The Bertz CT molecular complexity index is 1180. The number of fused-ring (bicyclic) bond motifs is 1. The van der Waals surface area contributed by atoms with Crippen LogP contribution in [-0.2, 0) is 13.0 Å². The molecule has 1 atom stereocenters. The minimum atomic E-state index is -0.394. The highest BCUT2D eigenvalue weighted by molar-refractivity contribution is 7.10. The van der Waals surface area contributed by atoms with Crippen molar-refractivity contribution in [1.29, 1.82) is 0 Å². The van der Waals surface area contributed by atoms with E-state index in [0.29, 0.717) is 17.7 Å². The van der Waals surface area contributed by atoms with E-state index in [1.807, 2.05) is 6.07 Å².